The standard InChI is InChI=1S/C31H28F3N7O3S/c32-31(33,34)28-4-2-1-3-23(28)18-39(30(45)38-25-9-11-26(12-10-25)41(43)44)19-24(15-36)29(42)13-27-16-37-20-40(27)17-22-7-5-21(14-35)6-8-22/h1-12,16,20,24H,13,15,17-19,36H2,(H,38,45)/t24-/m0/s1. The molecule has 0 radical (unpaired) electrons. The number of halogens is 3. The van der Waals surface area contributed by atoms with E-state index in [2.05, 4.69) is 16.4 Å². The number of nitro groups is 1. The third kappa shape index (κ3) is 8.71. The average Bonchev–Trinajstić information content (AvgIpc) is 3.45. The molecule has 4 aromatic rings. The van der Waals surface area contributed by atoms with Crippen molar-refractivity contribution in [2.45, 2.75) is 25.7 Å². The maximum atomic E-state index is 13.8. The number of hydrogen-bond acceptors (Lipinski definition) is 7. The van der Waals surface area contributed by atoms with Crippen LogP contribution in [-0.4, -0.2) is 43.4 Å². The zero-order valence-corrected chi connectivity index (χ0v) is 24.6. The van der Waals surface area contributed by atoms with Crippen LogP contribution in [0.15, 0.2) is 85.3 Å². The normalized spacial score (nSPS) is 11.8. The number of non-ortho nitro benzene ring substituents is 1. The quantitative estimate of drug-likeness (QED) is 0.120. The van der Waals surface area contributed by atoms with Gasteiger partial charge in [-0.05, 0) is 53.7 Å². The number of nitrogens with two attached hydrogens (primary N) is 1. The molecule has 232 valence electrons. The SMILES string of the molecule is N#Cc1ccc(Cn2cncc2CC(=O)[C@@H](CN)CN(Cc2ccccc2C(F)(F)F)C(=S)Nc2ccc([N+](=O)[O-])cc2)cc1. The maximum Gasteiger partial charge on any atom is 0.416 e. The van der Waals surface area contributed by atoms with Crippen molar-refractivity contribution in [2.24, 2.45) is 11.7 Å². The molecule has 45 heavy (non-hydrogen) atoms. The Morgan fingerprint density at radius 2 is 1.82 bits per heavy atom. The van der Waals surface area contributed by atoms with Gasteiger partial charge in [0.25, 0.3) is 5.69 Å². The molecule has 0 aliphatic carbocycles. The van der Waals surface area contributed by atoms with E-state index in [4.69, 9.17) is 23.2 Å². The van der Waals surface area contributed by atoms with Gasteiger partial charge >= 0.3 is 6.18 Å². The highest BCUT2D eigenvalue weighted by atomic mass is 32.1. The Kier molecular flexibility index (Phi) is 10.6. The lowest BCUT2D eigenvalue weighted by molar-refractivity contribution is -0.384. The molecule has 0 fully saturated rings. The van der Waals surface area contributed by atoms with Gasteiger partial charge in [-0.25, -0.2) is 4.98 Å². The summed E-state index contributed by atoms with van der Waals surface area (Å²) in [5.74, 6) is -1.07. The first-order valence-electron chi connectivity index (χ1n) is 13.6. The highest BCUT2D eigenvalue weighted by molar-refractivity contribution is 7.80. The van der Waals surface area contributed by atoms with Gasteiger partial charge in [0.05, 0.1) is 28.4 Å². The third-order valence-corrected chi connectivity index (χ3v) is 7.43. The van der Waals surface area contributed by atoms with Crippen LogP contribution in [0.5, 0.6) is 0 Å². The van der Waals surface area contributed by atoms with Gasteiger partial charge in [-0.3, -0.25) is 14.9 Å². The van der Waals surface area contributed by atoms with Gasteiger partial charge in [0.1, 0.15) is 5.78 Å². The number of anilines is 1. The Morgan fingerprint density at radius 1 is 1.13 bits per heavy atom. The summed E-state index contributed by atoms with van der Waals surface area (Å²) in [5.41, 5.74) is 7.40. The number of Topliss-reactive ketones (excluding diaryl/α,β-unsaturated/α-hetero) is 1. The molecule has 0 saturated carbocycles. The van der Waals surface area contributed by atoms with E-state index < -0.39 is 22.6 Å². The number of nitrogens with one attached hydrogen (secondary N) is 1. The van der Waals surface area contributed by atoms with Crippen LogP contribution in [0.3, 0.4) is 0 Å². The summed E-state index contributed by atoms with van der Waals surface area (Å²) in [6, 6.07) is 19.5. The first kappa shape index (κ1) is 32.8. The second-order valence-corrected chi connectivity index (χ2v) is 10.6. The van der Waals surface area contributed by atoms with Gasteiger partial charge < -0.3 is 20.5 Å². The van der Waals surface area contributed by atoms with Crippen molar-refractivity contribution in [2.75, 3.05) is 18.4 Å². The van der Waals surface area contributed by atoms with Crippen LogP contribution in [0.4, 0.5) is 24.5 Å². The number of carbonyl (C=O) groups is 1. The van der Waals surface area contributed by atoms with Gasteiger partial charge in [0, 0.05) is 68.2 Å². The maximum absolute atomic E-state index is 13.8. The number of aromatic nitrogens is 2. The van der Waals surface area contributed by atoms with Crippen LogP contribution in [0, 0.1) is 27.4 Å². The van der Waals surface area contributed by atoms with Crippen LogP contribution in [0.2, 0.25) is 0 Å². The number of imidazole rings is 1. The number of rotatable bonds is 12. The summed E-state index contributed by atoms with van der Waals surface area (Å²) in [6.45, 7) is -0.0651. The lowest BCUT2D eigenvalue weighted by Crippen LogP contribution is -2.43. The summed E-state index contributed by atoms with van der Waals surface area (Å²) in [5, 5.41) is 23.0. The smallest absolute Gasteiger partial charge is 0.344 e. The fourth-order valence-electron chi connectivity index (χ4n) is 4.64. The zero-order valence-electron chi connectivity index (χ0n) is 23.8. The zero-order chi connectivity index (χ0) is 32.6. The summed E-state index contributed by atoms with van der Waals surface area (Å²) in [7, 11) is 0. The van der Waals surface area contributed by atoms with E-state index in [-0.39, 0.29) is 48.2 Å². The molecule has 0 unspecified atom stereocenters. The van der Waals surface area contributed by atoms with Crippen LogP contribution in [-0.2, 0) is 30.5 Å². The van der Waals surface area contributed by atoms with E-state index in [1.165, 1.54) is 47.4 Å². The highest BCUT2D eigenvalue weighted by Gasteiger charge is 2.34. The molecular formula is C31H28F3N7O3S. The molecule has 3 aromatic carbocycles. The van der Waals surface area contributed by atoms with Crippen LogP contribution in [0.25, 0.3) is 0 Å². The van der Waals surface area contributed by atoms with E-state index in [1.807, 2.05) is 12.1 Å². The molecule has 0 aliphatic heterocycles. The molecule has 0 saturated heterocycles. The van der Waals surface area contributed by atoms with Gasteiger partial charge in [0.15, 0.2) is 5.11 Å². The van der Waals surface area contributed by atoms with E-state index in [0.29, 0.717) is 23.5 Å². The Hall–Kier alpha value is -5.13. The van der Waals surface area contributed by atoms with Crippen molar-refractivity contribution in [1.82, 2.24) is 14.5 Å². The van der Waals surface area contributed by atoms with E-state index in [0.717, 1.165) is 11.6 Å². The number of nitrogens with zero attached hydrogens (tertiary/aromatic N) is 5. The van der Waals surface area contributed by atoms with Gasteiger partial charge in [-0.2, -0.15) is 18.4 Å². The lowest BCUT2D eigenvalue weighted by atomic mass is 9.99. The predicted molar refractivity (Wildman–Crippen MR) is 165 cm³/mol. The van der Waals surface area contributed by atoms with Crippen molar-refractivity contribution in [3.05, 3.63) is 123 Å². The fraction of sp³-hybridized carbons (Fsp3) is 0.226. The summed E-state index contributed by atoms with van der Waals surface area (Å²) in [4.78, 5) is 29.6. The number of benzene rings is 3. The van der Waals surface area contributed by atoms with Crippen molar-refractivity contribution in [3.8, 4) is 6.07 Å². The largest absolute Gasteiger partial charge is 0.416 e. The van der Waals surface area contributed by atoms with E-state index >= 15 is 0 Å². The van der Waals surface area contributed by atoms with Crippen LogP contribution >= 0.6 is 12.2 Å². The Balaban J connectivity index is 1.55. The van der Waals surface area contributed by atoms with Crippen molar-refractivity contribution in [1.29, 1.82) is 5.26 Å². The van der Waals surface area contributed by atoms with Crippen molar-refractivity contribution in [3.63, 3.8) is 0 Å². The minimum absolute atomic E-state index is 0.0120. The predicted octanol–water partition coefficient (Wildman–Crippen LogP) is 5.32. The third-order valence-electron chi connectivity index (χ3n) is 7.07. The van der Waals surface area contributed by atoms with Gasteiger partial charge in [-0.1, -0.05) is 30.3 Å². The lowest BCUT2D eigenvalue weighted by Gasteiger charge is -2.30. The number of thiocarbonyl (C=S) groups is 1. The van der Waals surface area contributed by atoms with Crippen molar-refractivity contribution >= 4 is 34.5 Å². The molecule has 1 heterocycles. The van der Waals surface area contributed by atoms with Gasteiger partial charge in [0.2, 0.25) is 0 Å². The number of hydrogen-bond donors (Lipinski definition) is 2. The summed E-state index contributed by atoms with van der Waals surface area (Å²) < 4.78 is 43.3. The second-order valence-electron chi connectivity index (χ2n) is 10.2. The number of ketones is 1. The summed E-state index contributed by atoms with van der Waals surface area (Å²) in [6.07, 6.45) is -1.51. The van der Waals surface area contributed by atoms with Crippen LogP contribution in [0.1, 0.15) is 27.9 Å². The Labute approximate surface area is 262 Å². The van der Waals surface area contributed by atoms with E-state index in [9.17, 15) is 28.1 Å². The monoisotopic (exact) mass is 635 g/mol. The first-order valence-corrected chi connectivity index (χ1v) is 14.1. The Morgan fingerprint density at radius 3 is 2.44 bits per heavy atom. The molecule has 0 amide bonds. The molecule has 0 aliphatic rings. The molecule has 0 spiro atoms. The van der Waals surface area contributed by atoms with Gasteiger partial charge in [-0.15, -0.1) is 0 Å². The molecule has 14 heteroatoms. The molecule has 0 bridgehead atoms. The molecular weight excluding hydrogens is 607 g/mol. The molecule has 10 nitrogen and oxygen atoms in total. The molecule has 3 N–H and O–H groups in total. The number of alkyl halides is 3. The second kappa shape index (κ2) is 14.6. The first-order chi connectivity index (χ1) is 21.5. The number of carbonyl (C=O) groups excluding carboxylic acids is 1. The topological polar surface area (TPSA) is 143 Å². The molecule has 1 atom stereocenters. The van der Waals surface area contributed by atoms with Crippen molar-refractivity contribution < 1.29 is 22.9 Å². The molecule has 1 aromatic heterocycles. The minimum Gasteiger partial charge on any atom is -0.344 e. The number of nitriles is 1. The van der Waals surface area contributed by atoms with E-state index in [1.54, 1.807) is 29.2 Å². The van der Waals surface area contributed by atoms with Crippen LogP contribution < -0.4 is 11.1 Å². The minimum atomic E-state index is -4.62. The molecule has 4 rings (SSSR count). The summed E-state index contributed by atoms with van der Waals surface area (Å²) >= 11 is 5.57. The number of nitro benzene ring substituents is 1. The highest BCUT2D eigenvalue weighted by Crippen LogP contribution is 2.32. The Bertz CT molecular complexity index is 1700. The average molecular weight is 636 g/mol. The fourth-order valence-corrected chi connectivity index (χ4v) is 4.90.